The molecular weight excluding hydrogens is 320 g/mol. The molecule has 2 aromatic heterocycles. The van der Waals surface area contributed by atoms with E-state index in [2.05, 4.69) is 31.6 Å². The highest BCUT2D eigenvalue weighted by atomic mass is 16.5. The second-order valence-corrected chi connectivity index (χ2v) is 6.49. The third kappa shape index (κ3) is 4.08. The van der Waals surface area contributed by atoms with Crippen molar-refractivity contribution in [2.75, 3.05) is 49.7 Å². The summed E-state index contributed by atoms with van der Waals surface area (Å²) in [5, 5.41) is 11.9. The monoisotopic (exact) mass is 344 g/mol. The molecule has 0 radical (unpaired) electrons. The van der Waals surface area contributed by atoms with Gasteiger partial charge in [-0.3, -0.25) is 4.68 Å². The Kier molecular flexibility index (Phi) is 5.08. The lowest BCUT2D eigenvalue weighted by atomic mass is 10.1. The third-order valence-corrected chi connectivity index (χ3v) is 4.63. The van der Waals surface area contributed by atoms with Crippen molar-refractivity contribution < 1.29 is 9.47 Å². The Morgan fingerprint density at radius 2 is 2.12 bits per heavy atom. The predicted molar refractivity (Wildman–Crippen MR) is 93.5 cm³/mol. The molecule has 0 amide bonds. The van der Waals surface area contributed by atoms with Crippen molar-refractivity contribution >= 4 is 11.5 Å². The lowest BCUT2D eigenvalue weighted by Gasteiger charge is -2.30. The number of anilines is 2. The van der Waals surface area contributed by atoms with Gasteiger partial charge in [0.05, 0.1) is 38.2 Å². The van der Waals surface area contributed by atoms with Crippen LogP contribution in [0.4, 0.5) is 11.5 Å². The Labute approximate surface area is 147 Å². The van der Waals surface area contributed by atoms with E-state index in [1.165, 1.54) is 0 Å². The molecule has 1 unspecified atom stereocenters. The molecule has 134 valence electrons. The molecule has 0 aliphatic carbocycles. The zero-order valence-electron chi connectivity index (χ0n) is 14.3. The SMILES string of the molecule is c1cnc(NCc2cn(CC3CCOC3)nn2)c(N2CCOCC2)c1. The predicted octanol–water partition coefficient (Wildman–Crippen LogP) is 1.16. The Balaban J connectivity index is 1.37. The number of hydrogen-bond acceptors (Lipinski definition) is 7. The first-order valence-corrected chi connectivity index (χ1v) is 8.87. The highest BCUT2D eigenvalue weighted by Crippen LogP contribution is 2.24. The molecule has 1 atom stereocenters. The standard InChI is InChI=1S/C17H24N6O2/c1-2-16(22-5-8-24-9-6-22)17(18-4-1)19-10-15-12-23(21-20-15)11-14-3-7-25-13-14/h1-2,4,12,14H,3,5-11,13H2,(H,18,19). The molecule has 0 saturated carbocycles. The average molecular weight is 344 g/mol. The molecule has 0 spiro atoms. The summed E-state index contributed by atoms with van der Waals surface area (Å²) in [4.78, 5) is 6.80. The van der Waals surface area contributed by atoms with Gasteiger partial charge in [0.2, 0.25) is 0 Å². The minimum Gasteiger partial charge on any atom is -0.381 e. The van der Waals surface area contributed by atoms with Gasteiger partial charge in [-0.1, -0.05) is 5.21 Å². The molecule has 4 heterocycles. The summed E-state index contributed by atoms with van der Waals surface area (Å²) in [7, 11) is 0. The molecule has 0 aromatic carbocycles. The van der Waals surface area contributed by atoms with Gasteiger partial charge in [-0.05, 0) is 18.6 Å². The molecule has 2 fully saturated rings. The third-order valence-electron chi connectivity index (χ3n) is 4.63. The van der Waals surface area contributed by atoms with E-state index in [1.54, 1.807) is 0 Å². The average Bonchev–Trinajstić information content (AvgIpc) is 3.33. The van der Waals surface area contributed by atoms with Crippen LogP contribution in [-0.2, 0) is 22.6 Å². The van der Waals surface area contributed by atoms with Crippen LogP contribution in [0.3, 0.4) is 0 Å². The molecular formula is C17H24N6O2. The second-order valence-electron chi connectivity index (χ2n) is 6.49. The molecule has 2 saturated heterocycles. The van der Waals surface area contributed by atoms with Gasteiger partial charge in [-0.15, -0.1) is 5.10 Å². The zero-order chi connectivity index (χ0) is 16.9. The molecule has 2 aliphatic rings. The van der Waals surface area contributed by atoms with E-state index in [-0.39, 0.29) is 0 Å². The second kappa shape index (κ2) is 7.79. The number of aromatic nitrogens is 4. The summed E-state index contributed by atoms with van der Waals surface area (Å²) < 4.78 is 12.8. The Morgan fingerprint density at radius 1 is 1.20 bits per heavy atom. The first-order valence-electron chi connectivity index (χ1n) is 8.87. The van der Waals surface area contributed by atoms with Gasteiger partial charge in [0.1, 0.15) is 11.5 Å². The van der Waals surface area contributed by atoms with Crippen molar-refractivity contribution in [1.29, 1.82) is 0 Å². The van der Waals surface area contributed by atoms with Crippen LogP contribution < -0.4 is 10.2 Å². The zero-order valence-corrected chi connectivity index (χ0v) is 14.3. The first-order chi connectivity index (χ1) is 12.4. The van der Waals surface area contributed by atoms with Crippen LogP contribution in [0.2, 0.25) is 0 Å². The highest BCUT2D eigenvalue weighted by molar-refractivity contribution is 5.65. The Bertz CT molecular complexity index is 679. The summed E-state index contributed by atoms with van der Waals surface area (Å²) in [6.07, 6.45) is 4.91. The van der Waals surface area contributed by atoms with Crippen molar-refractivity contribution in [3.63, 3.8) is 0 Å². The smallest absolute Gasteiger partial charge is 0.149 e. The van der Waals surface area contributed by atoms with Crippen molar-refractivity contribution in [2.24, 2.45) is 5.92 Å². The Morgan fingerprint density at radius 3 is 2.96 bits per heavy atom. The van der Waals surface area contributed by atoms with Gasteiger partial charge in [-0.25, -0.2) is 4.98 Å². The molecule has 25 heavy (non-hydrogen) atoms. The van der Waals surface area contributed by atoms with Crippen LogP contribution >= 0.6 is 0 Å². The van der Waals surface area contributed by atoms with Gasteiger partial charge < -0.3 is 19.7 Å². The van der Waals surface area contributed by atoms with E-state index in [0.717, 1.165) is 69.7 Å². The van der Waals surface area contributed by atoms with E-state index < -0.39 is 0 Å². The Hall–Kier alpha value is -2.19. The van der Waals surface area contributed by atoms with Gasteiger partial charge in [0.25, 0.3) is 0 Å². The molecule has 8 nitrogen and oxygen atoms in total. The number of ether oxygens (including phenoxy) is 2. The maximum atomic E-state index is 5.44. The summed E-state index contributed by atoms with van der Waals surface area (Å²) in [6.45, 7) is 6.45. The summed E-state index contributed by atoms with van der Waals surface area (Å²) in [6, 6.07) is 4.06. The molecule has 0 bridgehead atoms. The quantitative estimate of drug-likeness (QED) is 0.842. The fraction of sp³-hybridized carbons (Fsp3) is 0.588. The normalized spacial score (nSPS) is 20.8. The number of pyridine rings is 1. The summed E-state index contributed by atoms with van der Waals surface area (Å²) in [5.74, 6) is 1.43. The first kappa shape index (κ1) is 16.3. The van der Waals surface area contributed by atoms with Crippen molar-refractivity contribution in [3.05, 3.63) is 30.2 Å². The number of morpholine rings is 1. The van der Waals surface area contributed by atoms with Gasteiger partial charge in [0.15, 0.2) is 0 Å². The van der Waals surface area contributed by atoms with Crippen LogP contribution in [0.5, 0.6) is 0 Å². The molecule has 4 rings (SSSR count). The number of nitrogens with one attached hydrogen (secondary N) is 1. The van der Waals surface area contributed by atoms with E-state index in [0.29, 0.717) is 12.5 Å². The largest absolute Gasteiger partial charge is 0.381 e. The van der Waals surface area contributed by atoms with Crippen molar-refractivity contribution in [1.82, 2.24) is 20.0 Å². The number of hydrogen-bond donors (Lipinski definition) is 1. The van der Waals surface area contributed by atoms with Crippen LogP contribution in [0.15, 0.2) is 24.5 Å². The van der Waals surface area contributed by atoms with Crippen LogP contribution in [0.1, 0.15) is 12.1 Å². The molecule has 2 aliphatic heterocycles. The lowest BCUT2D eigenvalue weighted by molar-refractivity contribution is 0.122. The van der Waals surface area contributed by atoms with E-state index in [9.17, 15) is 0 Å². The van der Waals surface area contributed by atoms with Gasteiger partial charge in [-0.2, -0.15) is 0 Å². The number of rotatable bonds is 6. The maximum Gasteiger partial charge on any atom is 0.149 e. The van der Waals surface area contributed by atoms with Gasteiger partial charge >= 0.3 is 0 Å². The maximum absolute atomic E-state index is 5.44. The topological polar surface area (TPSA) is 77.3 Å². The fourth-order valence-corrected chi connectivity index (χ4v) is 3.27. The van der Waals surface area contributed by atoms with Crippen LogP contribution in [-0.4, -0.2) is 59.5 Å². The van der Waals surface area contributed by atoms with Gasteiger partial charge in [0, 0.05) is 38.4 Å². The van der Waals surface area contributed by atoms with Crippen molar-refractivity contribution in [3.8, 4) is 0 Å². The molecule has 2 aromatic rings. The van der Waals surface area contributed by atoms with Crippen LogP contribution in [0.25, 0.3) is 0 Å². The number of nitrogens with zero attached hydrogens (tertiary/aromatic N) is 5. The molecule has 1 N–H and O–H groups in total. The lowest BCUT2D eigenvalue weighted by Crippen LogP contribution is -2.36. The molecule has 8 heteroatoms. The van der Waals surface area contributed by atoms with E-state index >= 15 is 0 Å². The van der Waals surface area contributed by atoms with Crippen molar-refractivity contribution in [2.45, 2.75) is 19.5 Å². The minimum atomic E-state index is 0.547. The summed E-state index contributed by atoms with van der Waals surface area (Å²) in [5.41, 5.74) is 2.03. The summed E-state index contributed by atoms with van der Waals surface area (Å²) >= 11 is 0. The minimum absolute atomic E-state index is 0.547. The van der Waals surface area contributed by atoms with E-state index in [1.807, 2.05) is 23.1 Å². The highest BCUT2D eigenvalue weighted by Gasteiger charge is 2.18. The fourth-order valence-electron chi connectivity index (χ4n) is 3.27. The van der Waals surface area contributed by atoms with E-state index in [4.69, 9.17) is 9.47 Å². The van der Waals surface area contributed by atoms with Crippen LogP contribution in [0, 0.1) is 5.92 Å².